The molecule has 0 spiro atoms. The van der Waals surface area contributed by atoms with Gasteiger partial charge < -0.3 is 25.4 Å². The quantitative estimate of drug-likeness (QED) is 0.685. The van der Waals surface area contributed by atoms with E-state index in [9.17, 15) is 15.0 Å². The zero-order valence-electron chi connectivity index (χ0n) is 15.9. The molecule has 1 aromatic rings. The molecule has 2 heterocycles. The number of aromatic nitrogens is 1. The molecule has 1 aromatic heterocycles. The van der Waals surface area contributed by atoms with Gasteiger partial charge in [0.05, 0.1) is 19.3 Å². The topological polar surface area (TPSA) is 115 Å². The SMILES string of the molecule is N[C@H]1COCCCCCCCCCCOc2ccnc(c2)C[C@]1(O)C(=O)O. The van der Waals surface area contributed by atoms with Crippen molar-refractivity contribution in [1.82, 2.24) is 4.98 Å². The summed E-state index contributed by atoms with van der Waals surface area (Å²) in [4.78, 5) is 15.9. The van der Waals surface area contributed by atoms with Crippen molar-refractivity contribution in [1.29, 1.82) is 0 Å². The number of carbonyl (C=O) groups is 1. The maximum absolute atomic E-state index is 11.7. The fourth-order valence-corrected chi connectivity index (χ4v) is 3.19. The fourth-order valence-electron chi connectivity index (χ4n) is 3.19. The van der Waals surface area contributed by atoms with Crippen LogP contribution >= 0.6 is 0 Å². The highest BCUT2D eigenvalue weighted by atomic mass is 16.5. The number of rotatable bonds is 1. The molecule has 1 aliphatic heterocycles. The molecule has 27 heavy (non-hydrogen) atoms. The lowest BCUT2D eigenvalue weighted by Gasteiger charge is -2.29. The molecule has 2 atom stereocenters. The van der Waals surface area contributed by atoms with Crippen molar-refractivity contribution in [3.05, 3.63) is 24.0 Å². The van der Waals surface area contributed by atoms with Crippen molar-refractivity contribution in [2.75, 3.05) is 19.8 Å². The number of hydrogen-bond acceptors (Lipinski definition) is 6. The van der Waals surface area contributed by atoms with E-state index in [4.69, 9.17) is 15.2 Å². The van der Waals surface area contributed by atoms with E-state index in [1.165, 1.54) is 25.7 Å². The average Bonchev–Trinajstić information content (AvgIpc) is 2.64. The van der Waals surface area contributed by atoms with Crippen molar-refractivity contribution in [3.63, 3.8) is 0 Å². The van der Waals surface area contributed by atoms with Gasteiger partial charge in [-0.25, -0.2) is 4.79 Å². The summed E-state index contributed by atoms with van der Waals surface area (Å²) < 4.78 is 11.3. The van der Waals surface area contributed by atoms with E-state index in [1.807, 2.05) is 0 Å². The van der Waals surface area contributed by atoms with Gasteiger partial charge in [0.2, 0.25) is 0 Å². The van der Waals surface area contributed by atoms with Gasteiger partial charge in [0, 0.05) is 31.0 Å². The second-order valence-electron chi connectivity index (χ2n) is 7.25. The molecule has 0 aromatic carbocycles. The summed E-state index contributed by atoms with van der Waals surface area (Å²) in [5.74, 6) is -0.756. The van der Waals surface area contributed by atoms with Gasteiger partial charge in [-0.2, -0.15) is 0 Å². The molecule has 152 valence electrons. The lowest BCUT2D eigenvalue weighted by molar-refractivity contribution is -0.162. The third-order valence-electron chi connectivity index (χ3n) is 4.97. The van der Waals surface area contributed by atoms with Crippen LogP contribution in [0.5, 0.6) is 5.75 Å². The second-order valence-corrected chi connectivity index (χ2v) is 7.25. The molecule has 0 fully saturated rings. The number of nitrogens with zero attached hydrogens (tertiary/aromatic N) is 1. The van der Waals surface area contributed by atoms with Gasteiger partial charge >= 0.3 is 5.97 Å². The van der Waals surface area contributed by atoms with E-state index in [-0.39, 0.29) is 13.0 Å². The zero-order valence-corrected chi connectivity index (χ0v) is 15.9. The Bertz CT molecular complexity index is 583. The Hall–Kier alpha value is -1.70. The summed E-state index contributed by atoms with van der Waals surface area (Å²) in [6, 6.07) is 2.34. The molecular formula is C20H32N2O5. The van der Waals surface area contributed by atoms with Crippen LogP contribution in [0.2, 0.25) is 0 Å². The molecule has 1 aliphatic rings. The van der Waals surface area contributed by atoms with Crippen molar-refractivity contribution >= 4 is 5.97 Å². The Morgan fingerprint density at radius 1 is 1.11 bits per heavy atom. The van der Waals surface area contributed by atoms with Gasteiger partial charge in [0.1, 0.15) is 5.75 Å². The first-order valence-corrected chi connectivity index (χ1v) is 9.89. The highest BCUT2D eigenvalue weighted by Gasteiger charge is 2.43. The van der Waals surface area contributed by atoms with Crippen LogP contribution in [-0.2, 0) is 16.0 Å². The van der Waals surface area contributed by atoms with Crippen LogP contribution in [0.15, 0.2) is 18.3 Å². The highest BCUT2D eigenvalue weighted by molar-refractivity contribution is 5.78. The van der Waals surface area contributed by atoms with Crippen LogP contribution in [0.3, 0.4) is 0 Å². The van der Waals surface area contributed by atoms with E-state index >= 15 is 0 Å². The van der Waals surface area contributed by atoms with Crippen LogP contribution in [0, 0.1) is 0 Å². The van der Waals surface area contributed by atoms with E-state index in [0.29, 0.717) is 24.7 Å². The molecule has 7 nitrogen and oxygen atoms in total. The van der Waals surface area contributed by atoms with Gasteiger partial charge in [0.25, 0.3) is 0 Å². The van der Waals surface area contributed by atoms with Crippen LogP contribution in [-0.4, -0.2) is 52.6 Å². The molecule has 0 amide bonds. The monoisotopic (exact) mass is 380 g/mol. The number of fused-ring (bicyclic) bond motifs is 2. The number of carboxylic acids is 1. The van der Waals surface area contributed by atoms with Gasteiger partial charge in [0.15, 0.2) is 5.60 Å². The first kappa shape index (κ1) is 21.6. The third kappa shape index (κ3) is 7.08. The third-order valence-corrected chi connectivity index (χ3v) is 4.97. The number of aliphatic hydroxyl groups is 1. The summed E-state index contributed by atoms with van der Waals surface area (Å²) >= 11 is 0. The summed E-state index contributed by atoms with van der Waals surface area (Å²) in [7, 11) is 0. The van der Waals surface area contributed by atoms with Gasteiger partial charge in [-0.05, 0) is 18.9 Å². The van der Waals surface area contributed by atoms with Crippen molar-refractivity contribution in [2.24, 2.45) is 5.73 Å². The molecule has 4 N–H and O–H groups in total. The number of hydrogen-bond donors (Lipinski definition) is 3. The average molecular weight is 380 g/mol. The molecule has 0 saturated heterocycles. The number of pyridine rings is 1. The molecule has 2 rings (SSSR count). The van der Waals surface area contributed by atoms with Crippen LogP contribution in [0.4, 0.5) is 0 Å². The minimum atomic E-state index is -2.14. The summed E-state index contributed by atoms with van der Waals surface area (Å²) in [6.07, 6.45) is 10.3. The zero-order chi connectivity index (χ0) is 19.5. The van der Waals surface area contributed by atoms with Crippen LogP contribution in [0.1, 0.15) is 57.1 Å². The molecule has 0 saturated carbocycles. The molecule has 2 bridgehead atoms. The second kappa shape index (κ2) is 11.2. The number of nitrogens with two attached hydrogens (primary N) is 1. The Labute approximate surface area is 160 Å². The standard InChI is InChI=1S/C20H32N2O5/c21-18-15-26-11-7-5-3-1-2-4-6-8-12-27-17-9-10-22-16(13-17)14-20(18,25)19(23)24/h9-10,13,18,25H,1-8,11-12,14-15,21H2,(H,23,24)/t18-,20+/m0/s1. The normalized spacial score (nSPS) is 26.8. The van der Waals surface area contributed by atoms with Gasteiger partial charge in [-0.15, -0.1) is 0 Å². The van der Waals surface area contributed by atoms with Crippen LogP contribution in [0.25, 0.3) is 0 Å². The molecular weight excluding hydrogens is 348 g/mol. The number of aliphatic carboxylic acids is 1. The molecule has 0 unspecified atom stereocenters. The number of ether oxygens (including phenoxy) is 2. The van der Waals surface area contributed by atoms with E-state index in [1.54, 1.807) is 18.3 Å². The smallest absolute Gasteiger partial charge is 0.337 e. The van der Waals surface area contributed by atoms with Crippen molar-refractivity contribution < 1.29 is 24.5 Å². The van der Waals surface area contributed by atoms with E-state index in [0.717, 1.165) is 25.7 Å². The minimum absolute atomic E-state index is 0.0149. The summed E-state index contributed by atoms with van der Waals surface area (Å²) in [6.45, 7) is 1.12. The lowest BCUT2D eigenvalue weighted by Crippen LogP contribution is -2.57. The largest absolute Gasteiger partial charge is 0.493 e. The molecule has 0 radical (unpaired) electrons. The first-order chi connectivity index (χ1) is 13.0. The van der Waals surface area contributed by atoms with Crippen LogP contribution < -0.4 is 10.5 Å². The Morgan fingerprint density at radius 3 is 2.41 bits per heavy atom. The van der Waals surface area contributed by atoms with Crippen molar-refractivity contribution in [3.8, 4) is 5.75 Å². The number of carboxylic acid groups (broad SMARTS) is 1. The summed E-state index contributed by atoms with van der Waals surface area (Å²) in [5.41, 5.74) is 4.25. The Balaban J connectivity index is 2.08. The molecule has 7 heteroatoms. The Morgan fingerprint density at radius 2 is 1.74 bits per heavy atom. The predicted molar refractivity (Wildman–Crippen MR) is 102 cm³/mol. The maximum Gasteiger partial charge on any atom is 0.337 e. The van der Waals surface area contributed by atoms with Gasteiger partial charge in [-0.3, -0.25) is 4.98 Å². The Kier molecular flexibility index (Phi) is 8.97. The predicted octanol–water partition coefficient (Wildman–Crippen LogP) is 2.30. The lowest BCUT2D eigenvalue weighted by atomic mass is 9.89. The highest BCUT2D eigenvalue weighted by Crippen LogP contribution is 2.20. The summed E-state index contributed by atoms with van der Waals surface area (Å²) in [5, 5.41) is 20.2. The fraction of sp³-hybridized carbons (Fsp3) is 0.700. The van der Waals surface area contributed by atoms with E-state index in [2.05, 4.69) is 4.98 Å². The first-order valence-electron chi connectivity index (χ1n) is 9.89. The maximum atomic E-state index is 11.7. The van der Waals surface area contributed by atoms with Gasteiger partial charge in [-0.1, -0.05) is 38.5 Å². The molecule has 0 aliphatic carbocycles. The van der Waals surface area contributed by atoms with E-state index < -0.39 is 17.6 Å². The van der Waals surface area contributed by atoms with Crippen molar-refractivity contribution in [2.45, 2.75) is 69.4 Å². The minimum Gasteiger partial charge on any atom is -0.493 e.